The van der Waals surface area contributed by atoms with E-state index in [9.17, 15) is 9.59 Å². The van der Waals surface area contributed by atoms with E-state index in [1.54, 1.807) is 0 Å². The summed E-state index contributed by atoms with van der Waals surface area (Å²) in [4.78, 5) is 29.6. The minimum absolute atomic E-state index is 0.140. The molecule has 1 aromatic carbocycles. The predicted octanol–water partition coefficient (Wildman–Crippen LogP) is 2.65. The number of piperidine rings is 3. The predicted molar refractivity (Wildman–Crippen MR) is 99.8 cm³/mol. The third-order valence-electron chi connectivity index (χ3n) is 6.60. The molecule has 3 aliphatic heterocycles. The average molecular weight is 351 g/mol. The number of hydrogen-bond acceptors (Lipinski definition) is 2. The van der Waals surface area contributed by atoms with Crippen molar-refractivity contribution in [2.24, 2.45) is 18.9 Å². The molecule has 3 aliphatic rings. The smallest absolute Gasteiger partial charge is 0.253 e. The molecule has 0 saturated carbocycles. The Balaban J connectivity index is 1.39. The maximum atomic E-state index is 13.1. The van der Waals surface area contributed by atoms with Crippen LogP contribution in [0.1, 0.15) is 36.0 Å². The first-order chi connectivity index (χ1) is 12.6. The van der Waals surface area contributed by atoms with E-state index in [0.717, 1.165) is 55.4 Å². The molecule has 3 saturated heterocycles. The van der Waals surface area contributed by atoms with Crippen molar-refractivity contribution in [2.75, 3.05) is 19.6 Å². The van der Waals surface area contributed by atoms with Gasteiger partial charge in [-0.05, 0) is 55.4 Å². The Bertz CT molecular complexity index is 887. The maximum absolute atomic E-state index is 13.1. The van der Waals surface area contributed by atoms with Crippen LogP contribution in [-0.4, -0.2) is 51.9 Å². The van der Waals surface area contributed by atoms with Gasteiger partial charge in [0.15, 0.2) is 0 Å². The van der Waals surface area contributed by atoms with Gasteiger partial charge in [-0.25, -0.2) is 0 Å². The Morgan fingerprint density at radius 1 is 1.15 bits per heavy atom. The number of carbonyl (C=O) groups excluding carboxylic acids is 2. The zero-order valence-electron chi connectivity index (χ0n) is 15.2. The third-order valence-corrected chi connectivity index (χ3v) is 6.60. The summed E-state index contributed by atoms with van der Waals surface area (Å²) in [6, 6.07) is 8.40. The first-order valence-electron chi connectivity index (χ1n) is 9.74. The summed E-state index contributed by atoms with van der Waals surface area (Å²) in [5.74, 6) is 1.33. The van der Waals surface area contributed by atoms with E-state index in [1.165, 1.54) is 0 Å². The molecule has 26 heavy (non-hydrogen) atoms. The third kappa shape index (κ3) is 2.44. The highest BCUT2D eigenvalue weighted by atomic mass is 16.2. The lowest BCUT2D eigenvalue weighted by Crippen LogP contribution is -2.61. The highest BCUT2D eigenvalue weighted by Crippen LogP contribution is 2.38. The van der Waals surface area contributed by atoms with Crippen molar-refractivity contribution in [1.82, 2.24) is 14.4 Å². The lowest BCUT2D eigenvalue weighted by Gasteiger charge is -2.52. The van der Waals surface area contributed by atoms with E-state index in [0.29, 0.717) is 30.2 Å². The minimum atomic E-state index is 0.140. The van der Waals surface area contributed by atoms with Crippen molar-refractivity contribution in [1.29, 1.82) is 0 Å². The van der Waals surface area contributed by atoms with Crippen molar-refractivity contribution in [3.05, 3.63) is 36.0 Å². The van der Waals surface area contributed by atoms with Crippen LogP contribution in [0.25, 0.3) is 10.9 Å². The molecule has 2 amide bonds. The van der Waals surface area contributed by atoms with Crippen LogP contribution in [0.2, 0.25) is 0 Å². The van der Waals surface area contributed by atoms with E-state index in [4.69, 9.17) is 0 Å². The Kier molecular flexibility index (Phi) is 3.59. The molecular formula is C21H25N3O2. The van der Waals surface area contributed by atoms with Gasteiger partial charge in [-0.3, -0.25) is 9.59 Å². The second-order valence-corrected chi connectivity index (χ2v) is 8.28. The van der Waals surface area contributed by atoms with Crippen LogP contribution >= 0.6 is 0 Å². The monoisotopic (exact) mass is 351 g/mol. The standard InChI is InChI=1S/C21H25N3O2/c1-22-8-7-15-10-16(5-6-18(15)22)21(26)23-11-14-9-17(13-23)19-3-2-4-20(25)24(19)12-14/h5-8,10,14,17,19H,2-4,9,11-13H2,1H3/t14-,17+,19?/m1/s1. The van der Waals surface area contributed by atoms with Gasteiger partial charge in [0.25, 0.3) is 5.91 Å². The zero-order valence-corrected chi connectivity index (χ0v) is 15.2. The molecule has 0 radical (unpaired) electrons. The molecule has 0 aliphatic carbocycles. The van der Waals surface area contributed by atoms with E-state index < -0.39 is 0 Å². The molecule has 5 heteroatoms. The van der Waals surface area contributed by atoms with Crippen LogP contribution in [0.5, 0.6) is 0 Å². The number of rotatable bonds is 1. The van der Waals surface area contributed by atoms with Gasteiger partial charge in [0.2, 0.25) is 5.91 Å². The summed E-state index contributed by atoms with van der Waals surface area (Å²) in [5.41, 5.74) is 1.92. The number of fused-ring (bicyclic) bond motifs is 5. The fraction of sp³-hybridized carbons (Fsp3) is 0.524. The number of aromatic nitrogens is 1. The number of amides is 2. The summed E-state index contributed by atoms with van der Waals surface area (Å²) in [6.45, 7) is 2.40. The van der Waals surface area contributed by atoms with Crippen molar-refractivity contribution in [3.63, 3.8) is 0 Å². The van der Waals surface area contributed by atoms with Gasteiger partial charge in [0.05, 0.1) is 0 Å². The Hall–Kier alpha value is -2.30. The normalized spacial score (nSPS) is 28.3. The second kappa shape index (κ2) is 5.86. The molecular weight excluding hydrogens is 326 g/mol. The number of hydrogen-bond donors (Lipinski definition) is 0. The Morgan fingerprint density at radius 2 is 2.04 bits per heavy atom. The number of carbonyl (C=O) groups is 2. The molecule has 2 bridgehead atoms. The topological polar surface area (TPSA) is 45.6 Å². The molecule has 5 nitrogen and oxygen atoms in total. The number of likely N-dealkylation sites (tertiary alicyclic amines) is 1. The number of nitrogens with zero attached hydrogens (tertiary/aromatic N) is 3. The molecule has 4 heterocycles. The molecule has 136 valence electrons. The molecule has 2 aromatic rings. The Labute approximate surface area is 153 Å². The van der Waals surface area contributed by atoms with Crippen molar-refractivity contribution < 1.29 is 9.59 Å². The summed E-state index contributed by atoms with van der Waals surface area (Å²) >= 11 is 0. The molecule has 0 N–H and O–H groups in total. The van der Waals surface area contributed by atoms with E-state index >= 15 is 0 Å². The van der Waals surface area contributed by atoms with Crippen LogP contribution in [0.4, 0.5) is 0 Å². The van der Waals surface area contributed by atoms with Crippen LogP contribution in [0.15, 0.2) is 30.5 Å². The first kappa shape index (κ1) is 15.9. The first-order valence-corrected chi connectivity index (χ1v) is 9.74. The fourth-order valence-corrected chi connectivity index (χ4v) is 5.37. The minimum Gasteiger partial charge on any atom is -0.351 e. The zero-order chi connectivity index (χ0) is 17.8. The lowest BCUT2D eigenvalue weighted by atomic mass is 9.76. The van der Waals surface area contributed by atoms with Gasteiger partial charge in [0, 0.05) is 61.8 Å². The van der Waals surface area contributed by atoms with E-state index in [-0.39, 0.29) is 5.91 Å². The molecule has 5 rings (SSSR count). The average Bonchev–Trinajstić information content (AvgIpc) is 3.02. The van der Waals surface area contributed by atoms with E-state index in [1.807, 2.05) is 36.3 Å². The van der Waals surface area contributed by atoms with Crippen LogP contribution in [-0.2, 0) is 11.8 Å². The maximum Gasteiger partial charge on any atom is 0.253 e. The van der Waals surface area contributed by atoms with Crippen molar-refractivity contribution >= 4 is 22.7 Å². The van der Waals surface area contributed by atoms with Crippen LogP contribution < -0.4 is 0 Å². The van der Waals surface area contributed by atoms with Gasteiger partial charge < -0.3 is 14.4 Å². The highest BCUT2D eigenvalue weighted by molar-refractivity contribution is 5.98. The quantitative estimate of drug-likeness (QED) is 0.793. The van der Waals surface area contributed by atoms with Gasteiger partial charge >= 0.3 is 0 Å². The van der Waals surface area contributed by atoms with E-state index in [2.05, 4.69) is 15.5 Å². The largest absolute Gasteiger partial charge is 0.351 e. The fourth-order valence-electron chi connectivity index (χ4n) is 5.37. The summed E-state index contributed by atoms with van der Waals surface area (Å²) in [6.07, 6.45) is 5.99. The molecule has 3 atom stereocenters. The molecule has 0 spiro atoms. The van der Waals surface area contributed by atoms with Crippen molar-refractivity contribution in [3.8, 4) is 0 Å². The number of aryl methyl sites for hydroxylation is 1. The van der Waals surface area contributed by atoms with Gasteiger partial charge in [-0.15, -0.1) is 0 Å². The highest BCUT2D eigenvalue weighted by Gasteiger charge is 2.44. The van der Waals surface area contributed by atoms with Gasteiger partial charge in [-0.2, -0.15) is 0 Å². The van der Waals surface area contributed by atoms with Gasteiger partial charge in [0.1, 0.15) is 0 Å². The van der Waals surface area contributed by atoms with Crippen LogP contribution in [0, 0.1) is 11.8 Å². The molecule has 1 aromatic heterocycles. The van der Waals surface area contributed by atoms with Crippen molar-refractivity contribution in [2.45, 2.75) is 31.7 Å². The number of benzene rings is 1. The Morgan fingerprint density at radius 3 is 2.92 bits per heavy atom. The summed E-state index contributed by atoms with van der Waals surface area (Å²) in [7, 11) is 2.02. The van der Waals surface area contributed by atoms with Gasteiger partial charge in [-0.1, -0.05) is 0 Å². The summed E-state index contributed by atoms with van der Waals surface area (Å²) in [5, 5.41) is 1.11. The lowest BCUT2D eigenvalue weighted by molar-refractivity contribution is -0.144. The second-order valence-electron chi connectivity index (χ2n) is 8.28. The SMILES string of the molecule is Cn1ccc2cc(C(=O)N3C[C@H]4C[C@@H](C3)C3CCCC(=O)N3C4)ccc21. The molecule has 3 fully saturated rings. The van der Waals surface area contributed by atoms with Crippen LogP contribution in [0.3, 0.4) is 0 Å². The molecule has 1 unspecified atom stereocenters. The summed E-state index contributed by atoms with van der Waals surface area (Å²) < 4.78 is 2.07.